The summed E-state index contributed by atoms with van der Waals surface area (Å²) in [5.41, 5.74) is 1.55. The van der Waals surface area contributed by atoms with Crippen molar-refractivity contribution in [1.29, 1.82) is 0 Å². The van der Waals surface area contributed by atoms with Crippen LogP contribution >= 0.6 is 0 Å². The molecule has 0 aliphatic rings. The molecule has 2 aromatic rings. The number of aromatic carboxylic acids is 1. The van der Waals surface area contributed by atoms with E-state index in [0.717, 1.165) is 25.3 Å². The number of unbranched alkanes of at least 4 members (excludes halogenated alkanes) is 3. The predicted octanol–water partition coefficient (Wildman–Crippen LogP) is 3.74. The van der Waals surface area contributed by atoms with Gasteiger partial charge in [0.15, 0.2) is 0 Å². The Morgan fingerprint density at radius 3 is 2.71 bits per heavy atom. The van der Waals surface area contributed by atoms with Gasteiger partial charge in [0.25, 0.3) is 0 Å². The van der Waals surface area contributed by atoms with Gasteiger partial charge < -0.3 is 5.11 Å². The van der Waals surface area contributed by atoms with E-state index in [0.29, 0.717) is 11.0 Å². The first-order valence-corrected chi connectivity index (χ1v) is 7.65. The van der Waals surface area contributed by atoms with Crippen LogP contribution in [0.15, 0.2) is 18.2 Å². The fourth-order valence-corrected chi connectivity index (χ4v) is 2.53. The van der Waals surface area contributed by atoms with E-state index in [4.69, 9.17) is 0 Å². The van der Waals surface area contributed by atoms with Crippen LogP contribution in [0.4, 0.5) is 0 Å². The molecule has 1 heterocycles. The van der Waals surface area contributed by atoms with Gasteiger partial charge in [0.1, 0.15) is 11.0 Å². The van der Waals surface area contributed by atoms with E-state index in [1.165, 1.54) is 19.3 Å². The molecular formula is C16H23N3O2. The van der Waals surface area contributed by atoms with Gasteiger partial charge >= 0.3 is 5.97 Å². The summed E-state index contributed by atoms with van der Waals surface area (Å²) >= 11 is 0. The van der Waals surface area contributed by atoms with Crippen LogP contribution in [0.25, 0.3) is 11.0 Å². The van der Waals surface area contributed by atoms with Gasteiger partial charge in [-0.15, -0.1) is 5.10 Å². The van der Waals surface area contributed by atoms with Gasteiger partial charge in [0.05, 0.1) is 5.56 Å². The molecule has 5 heteroatoms. The molecule has 0 unspecified atom stereocenters. The number of carboxylic acids is 1. The van der Waals surface area contributed by atoms with E-state index in [1.807, 2.05) is 0 Å². The number of rotatable bonds is 8. The van der Waals surface area contributed by atoms with Crippen molar-refractivity contribution in [1.82, 2.24) is 15.0 Å². The largest absolute Gasteiger partial charge is 0.478 e. The number of aromatic nitrogens is 3. The SMILES string of the molecule is CC(C)CCCCCCn1nnc2cccc(C(=O)O)c21. The molecule has 2 rings (SSSR count). The van der Waals surface area contributed by atoms with Crippen LogP contribution in [0.1, 0.15) is 56.3 Å². The topological polar surface area (TPSA) is 68.0 Å². The maximum absolute atomic E-state index is 11.3. The quantitative estimate of drug-likeness (QED) is 0.752. The molecule has 0 radical (unpaired) electrons. The second-order valence-electron chi connectivity index (χ2n) is 5.89. The van der Waals surface area contributed by atoms with Crippen molar-refractivity contribution in [3.63, 3.8) is 0 Å². The maximum Gasteiger partial charge on any atom is 0.337 e. The number of aryl methyl sites for hydroxylation is 1. The summed E-state index contributed by atoms with van der Waals surface area (Å²) in [6.45, 7) is 5.21. The molecule has 0 spiro atoms. The second-order valence-corrected chi connectivity index (χ2v) is 5.89. The molecule has 0 aliphatic heterocycles. The second kappa shape index (κ2) is 7.20. The monoisotopic (exact) mass is 289 g/mol. The summed E-state index contributed by atoms with van der Waals surface area (Å²) in [5, 5.41) is 17.4. The Labute approximate surface area is 125 Å². The number of hydrogen-bond acceptors (Lipinski definition) is 3. The molecule has 0 saturated carbocycles. The predicted molar refractivity (Wildman–Crippen MR) is 82.4 cm³/mol. The zero-order valence-corrected chi connectivity index (χ0v) is 12.7. The highest BCUT2D eigenvalue weighted by Gasteiger charge is 2.14. The van der Waals surface area contributed by atoms with Gasteiger partial charge in [-0.3, -0.25) is 0 Å². The number of para-hydroxylation sites is 1. The summed E-state index contributed by atoms with van der Waals surface area (Å²) in [7, 11) is 0. The lowest BCUT2D eigenvalue weighted by Crippen LogP contribution is -2.05. The Morgan fingerprint density at radius 2 is 2.00 bits per heavy atom. The molecule has 0 saturated heterocycles. The van der Waals surface area contributed by atoms with Gasteiger partial charge in [-0.2, -0.15) is 0 Å². The van der Waals surface area contributed by atoms with Crippen LogP contribution in [-0.4, -0.2) is 26.1 Å². The van der Waals surface area contributed by atoms with E-state index in [9.17, 15) is 9.90 Å². The molecule has 5 nitrogen and oxygen atoms in total. The molecule has 1 aromatic heterocycles. The van der Waals surface area contributed by atoms with Crippen LogP contribution < -0.4 is 0 Å². The summed E-state index contributed by atoms with van der Waals surface area (Å²) in [6, 6.07) is 5.11. The molecule has 21 heavy (non-hydrogen) atoms. The summed E-state index contributed by atoms with van der Waals surface area (Å²) in [6.07, 6.45) is 5.90. The van der Waals surface area contributed by atoms with E-state index in [2.05, 4.69) is 24.2 Å². The van der Waals surface area contributed by atoms with Crippen molar-refractivity contribution in [3.05, 3.63) is 23.8 Å². The van der Waals surface area contributed by atoms with Gasteiger partial charge in [0, 0.05) is 6.54 Å². The highest BCUT2D eigenvalue weighted by Crippen LogP contribution is 2.18. The molecule has 0 aliphatic carbocycles. The van der Waals surface area contributed by atoms with Crippen molar-refractivity contribution in [2.45, 2.75) is 52.5 Å². The third-order valence-electron chi connectivity index (χ3n) is 3.67. The third-order valence-corrected chi connectivity index (χ3v) is 3.67. The van der Waals surface area contributed by atoms with Crippen LogP contribution in [0, 0.1) is 5.92 Å². The lowest BCUT2D eigenvalue weighted by atomic mass is 10.0. The summed E-state index contributed by atoms with van der Waals surface area (Å²) < 4.78 is 1.72. The Kier molecular flexibility index (Phi) is 5.31. The van der Waals surface area contributed by atoms with Gasteiger partial charge in [-0.05, 0) is 24.5 Å². The van der Waals surface area contributed by atoms with E-state index >= 15 is 0 Å². The molecule has 114 valence electrons. The van der Waals surface area contributed by atoms with Gasteiger partial charge in [-0.25, -0.2) is 9.48 Å². The van der Waals surface area contributed by atoms with Gasteiger partial charge in [-0.1, -0.05) is 50.8 Å². The van der Waals surface area contributed by atoms with Crippen molar-refractivity contribution in [2.24, 2.45) is 5.92 Å². The minimum absolute atomic E-state index is 0.275. The molecular weight excluding hydrogens is 266 g/mol. The third kappa shape index (κ3) is 4.03. The fraction of sp³-hybridized carbons (Fsp3) is 0.562. The molecule has 1 N–H and O–H groups in total. The first-order chi connectivity index (χ1) is 10.1. The lowest BCUT2D eigenvalue weighted by Gasteiger charge is -2.06. The molecule has 0 atom stereocenters. The van der Waals surface area contributed by atoms with Crippen LogP contribution in [0.5, 0.6) is 0 Å². The smallest absolute Gasteiger partial charge is 0.337 e. The number of carboxylic acid groups (broad SMARTS) is 1. The number of fused-ring (bicyclic) bond motifs is 1. The highest BCUT2D eigenvalue weighted by atomic mass is 16.4. The molecule has 0 amide bonds. The van der Waals surface area contributed by atoms with Crippen molar-refractivity contribution < 1.29 is 9.90 Å². The Morgan fingerprint density at radius 1 is 1.24 bits per heavy atom. The maximum atomic E-state index is 11.3. The van der Waals surface area contributed by atoms with Gasteiger partial charge in [0.2, 0.25) is 0 Å². The zero-order valence-electron chi connectivity index (χ0n) is 12.7. The van der Waals surface area contributed by atoms with Crippen molar-refractivity contribution in [2.75, 3.05) is 0 Å². The average molecular weight is 289 g/mol. The molecule has 0 fully saturated rings. The summed E-state index contributed by atoms with van der Waals surface area (Å²) in [4.78, 5) is 11.3. The zero-order chi connectivity index (χ0) is 15.2. The molecule has 0 bridgehead atoms. The van der Waals surface area contributed by atoms with E-state index in [-0.39, 0.29) is 5.56 Å². The van der Waals surface area contributed by atoms with Crippen LogP contribution in [0.2, 0.25) is 0 Å². The first kappa shape index (κ1) is 15.5. The Balaban J connectivity index is 1.95. The van der Waals surface area contributed by atoms with Crippen molar-refractivity contribution in [3.8, 4) is 0 Å². The van der Waals surface area contributed by atoms with E-state index in [1.54, 1.807) is 22.9 Å². The van der Waals surface area contributed by atoms with E-state index < -0.39 is 5.97 Å². The van der Waals surface area contributed by atoms with Crippen molar-refractivity contribution >= 4 is 17.0 Å². The van der Waals surface area contributed by atoms with Crippen LogP contribution in [-0.2, 0) is 6.54 Å². The Hall–Kier alpha value is -1.91. The normalized spacial score (nSPS) is 11.4. The molecule has 1 aromatic carbocycles. The lowest BCUT2D eigenvalue weighted by molar-refractivity contribution is 0.0698. The minimum atomic E-state index is -0.930. The minimum Gasteiger partial charge on any atom is -0.478 e. The number of nitrogens with zero attached hydrogens (tertiary/aromatic N) is 3. The first-order valence-electron chi connectivity index (χ1n) is 7.65. The average Bonchev–Trinajstić information content (AvgIpc) is 2.85. The number of carbonyl (C=O) groups is 1. The fourth-order valence-electron chi connectivity index (χ4n) is 2.53. The number of benzene rings is 1. The summed E-state index contributed by atoms with van der Waals surface area (Å²) in [5.74, 6) is -0.163. The standard InChI is InChI=1S/C16H23N3O2/c1-12(2)8-5-3-4-6-11-19-15-13(16(20)21)9-7-10-14(15)17-18-19/h7,9-10,12H,3-6,8,11H2,1-2H3,(H,20,21). The number of hydrogen-bond donors (Lipinski definition) is 1. The Bertz CT molecular complexity index is 605. The van der Waals surface area contributed by atoms with Crippen LogP contribution in [0.3, 0.4) is 0 Å². The highest BCUT2D eigenvalue weighted by molar-refractivity contribution is 6.00.